The lowest BCUT2D eigenvalue weighted by atomic mass is 10.1. The lowest BCUT2D eigenvalue weighted by Crippen LogP contribution is -2.46. The summed E-state index contributed by atoms with van der Waals surface area (Å²) in [5, 5.41) is 4.33. The number of thiophene rings is 1. The molecule has 4 aromatic rings. The molecule has 6 rings (SSSR count). The zero-order chi connectivity index (χ0) is 35.6. The fraction of sp³-hybridized carbons (Fsp3) is 0.476. The number of carbonyl (C=O) groups excluding carboxylic acids is 2. The van der Waals surface area contributed by atoms with Crippen LogP contribution in [0.5, 0.6) is 5.75 Å². The molecule has 3 heterocycles. The van der Waals surface area contributed by atoms with Gasteiger partial charge in [-0.15, -0.1) is 11.3 Å². The minimum absolute atomic E-state index is 0.0306. The number of rotatable bonds is 20. The van der Waals surface area contributed by atoms with Gasteiger partial charge in [-0.25, -0.2) is 4.79 Å². The number of esters is 1. The van der Waals surface area contributed by atoms with E-state index in [2.05, 4.69) is 46.4 Å². The quantitative estimate of drug-likeness (QED) is 0.0672. The molecular formula is C42H52N3O5S. The van der Waals surface area contributed by atoms with Crippen molar-refractivity contribution in [3.8, 4) is 5.75 Å². The summed E-state index contributed by atoms with van der Waals surface area (Å²) in [7, 11) is 0. The number of hydrogen-bond donors (Lipinski definition) is 0. The van der Waals surface area contributed by atoms with Crippen LogP contribution in [0, 0.1) is 6.42 Å². The van der Waals surface area contributed by atoms with Crippen molar-refractivity contribution in [2.75, 3.05) is 50.8 Å². The minimum atomic E-state index is -1.01. The molecule has 1 radical (unpaired) electrons. The summed E-state index contributed by atoms with van der Waals surface area (Å²) in [4.78, 5) is 44.9. The van der Waals surface area contributed by atoms with Crippen LogP contribution in [-0.4, -0.2) is 67.2 Å². The lowest BCUT2D eigenvalue weighted by Gasteiger charge is -2.36. The molecule has 0 spiro atoms. The molecule has 1 unspecified atom stereocenters. The van der Waals surface area contributed by atoms with Crippen LogP contribution in [0.3, 0.4) is 0 Å². The highest BCUT2D eigenvalue weighted by Crippen LogP contribution is 2.41. The maximum atomic E-state index is 13.4. The summed E-state index contributed by atoms with van der Waals surface area (Å²) in [6.45, 7) is 9.87. The second-order valence-electron chi connectivity index (χ2n) is 13.7. The number of piperazine rings is 1. The van der Waals surface area contributed by atoms with E-state index in [4.69, 9.17) is 9.47 Å². The molecule has 271 valence electrons. The van der Waals surface area contributed by atoms with Crippen LogP contribution in [0.1, 0.15) is 84.1 Å². The van der Waals surface area contributed by atoms with Crippen LogP contribution in [0.2, 0.25) is 0 Å². The molecule has 0 saturated carbocycles. The molecule has 2 aromatic carbocycles. The topological polar surface area (TPSA) is 81.1 Å². The molecule has 1 atom stereocenters. The van der Waals surface area contributed by atoms with E-state index in [1.54, 1.807) is 30.7 Å². The molecule has 0 amide bonds. The maximum absolute atomic E-state index is 13.4. The molecule has 2 aliphatic rings. The Labute approximate surface area is 306 Å². The number of allylic oxidation sites excluding steroid dienone is 1. The van der Waals surface area contributed by atoms with Crippen LogP contribution >= 0.6 is 11.3 Å². The Morgan fingerprint density at radius 2 is 1.65 bits per heavy atom. The third-order valence-corrected chi connectivity index (χ3v) is 11.0. The zero-order valence-corrected chi connectivity index (χ0v) is 31.1. The zero-order valence-electron chi connectivity index (χ0n) is 30.2. The average Bonchev–Trinajstić information content (AvgIpc) is 3.78. The number of ether oxygens (including phenoxy) is 2. The predicted molar refractivity (Wildman–Crippen MR) is 208 cm³/mol. The van der Waals surface area contributed by atoms with Crippen molar-refractivity contribution in [1.29, 1.82) is 0 Å². The number of hydrogen-bond acceptors (Lipinski definition) is 8. The van der Waals surface area contributed by atoms with Crippen molar-refractivity contribution in [1.82, 2.24) is 9.47 Å². The molecule has 1 saturated heterocycles. The van der Waals surface area contributed by atoms with E-state index < -0.39 is 12.0 Å². The SMILES string of the molecule is CCCCCCCCCC(=O)C1=C(C(C(=O)OCC)n2c(=O)ccc3ccc(OCCCCN4CCN(c5cccc6sccc56)CC4)cc32)[CH]1. The first-order valence-corrected chi connectivity index (χ1v) is 19.9. The highest BCUT2D eigenvalue weighted by Gasteiger charge is 2.40. The Morgan fingerprint density at radius 1 is 0.863 bits per heavy atom. The van der Waals surface area contributed by atoms with E-state index in [1.165, 1.54) is 52.1 Å². The number of pyridine rings is 1. The van der Waals surface area contributed by atoms with Gasteiger partial charge in [0.2, 0.25) is 0 Å². The van der Waals surface area contributed by atoms with Gasteiger partial charge in [0.15, 0.2) is 11.8 Å². The van der Waals surface area contributed by atoms with Crippen LogP contribution in [0.25, 0.3) is 21.0 Å². The number of Topliss-reactive ketones (excluding diaryl/α,β-unsaturated/α-hetero) is 1. The molecule has 2 aromatic heterocycles. The molecule has 0 N–H and O–H groups in total. The number of anilines is 1. The van der Waals surface area contributed by atoms with Crippen LogP contribution < -0.4 is 15.2 Å². The van der Waals surface area contributed by atoms with Gasteiger partial charge in [0.25, 0.3) is 5.56 Å². The minimum Gasteiger partial charge on any atom is -0.494 e. The molecule has 1 aliphatic carbocycles. The summed E-state index contributed by atoms with van der Waals surface area (Å²) in [6.07, 6.45) is 12.0. The maximum Gasteiger partial charge on any atom is 0.333 e. The normalized spacial score (nSPS) is 15.5. The smallest absolute Gasteiger partial charge is 0.333 e. The second-order valence-corrected chi connectivity index (χ2v) is 14.7. The molecule has 9 heteroatoms. The van der Waals surface area contributed by atoms with Crippen LogP contribution in [0.15, 0.2) is 75.9 Å². The van der Waals surface area contributed by atoms with Crippen molar-refractivity contribution in [2.45, 2.75) is 84.1 Å². The summed E-state index contributed by atoms with van der Waals surface area (Å²) in [6, 6.07) is 16.7. The molecule has 1 fully saturated rings. The van der Waals surface area contributed by atoms with Gasteiger partial charge in [-0.2, -0.15) is 0 Å². The number of benzene rings is 2. The highest BCUT2D eigenvalue weighted by molar-refractivity contribution is 7.17. The molecule has 1 aliphatic heterocycles. The van der Waals surface area contributed by atoms with E-state index in [0.29, 0.717) is 35.4 Å². The van der Waals surface area contributed by atoms with Crippen molar-refractivity contribution in [3.05, 3.63) is 87.9 Å². The third kappa shape index (κ3) is 9.29. The van der Waals surface area contributed by atoms with Crippen molar-refractivity contribution < 1.29 is 19.1 Å². The first kappa shape index (κ1) is 36.8. The first-order valence-electron chi connectivity index (χ1n) is 19.0. The summed E-state index contributed by atoms with van der Waals surface area (Å²) >= 11 is 1.80. The molecule has 8 nitrogen and oxygen atoms in total. The van der Waals surface area contributed by atoms with Crippen LogP contribution in [-0.2, 0) is 14.3 Å². The Bertz CT molecular complexity index is 1890. The van der Waals surface area contributed by atoms with E-state index >= 15 is 0 Å². The first-order chi connectivity index (χ1) is 25.0. The molecule has 51 heavy (non-hydrogen) atoms. The van der Waals surface area contributed by atoms with Gasteiger partial charge in [0.1, 0.15) is 5.75 Å². The van der Waals surface area contributed by atoms with Gasteiger partial charge >= 0.3 is 5.97 Å². The second kappa shape index (κ2) is 18.0. The Morgan fingerprint density at radius 3 is 2.45 bits per heavy atom. The highest BCUT2D eigenvalue weighted by atomic mass is 32.1. The Kier molecular flexibility index (Phi) is 13.0. The average molecular weight is 711 g/mol. The van der Waals surface area contributed by atoms with Crippen molar-refractivity contribution in [3.63, 3.8) is 0 Å². The van der Waals surface area contributed by atoms with Gasteiger partial charge in [0, 0.05) is 72.5 Å². The Balaban J connectivity index is 1.04. The van der Waals surface area contributed by atoms with E-state index in [1.807, 2.05) is 18.2 Å². The van der Waals surface area contributed by atoms with Gasteiger partial charge in [-0.05, 0) is 85.5 Å². The summed E-state index contributed by atoms with van der Waals surface area (Å²) in [5.41, 5.74) is 2.73. The number of carbonyl (C=O) groups is 2. The molecule has 0 bridgehead atoms. The largest absolute Gasteiger partial charge is 0.494 e. The predicted octanol–water partition coefficient (Wildman–Crippen LogP) is 8.53. The monoisotopic (exact) mass is 710 g/mol. The Hall–Kier alpha value is -3.95. The van der Waals surface area contributed by atoms with Crippen molar-refractivity contribution in [2.24, 2.45) is 0 Å². The van der Waals surface area contributed by atoms with E-state index in [0.717, 1.165) is 70.2 Å². The van der Waals surface area contributed by atoms with E-state index in [9.17, 15) is 14.4 Å². The summed E-state index contributed by atoms with van der Waals surface area (Å²) < 4.78 is 14.4. The lowest BCUT2D eigenvalue weighted by molar-refractivity contribution is -0.145. The summed E-state index contributed by atoms with van der Waals surface area (Å²) in [5.74, 6) is 0.139. The molecular weight excluding hydrogens is 659 g/mol. The number of fused-ring (bicyclic) bond motifs is 2. The van der Waals surface area contributed by atoms with E-state index in [-0.39, 0.29) is 17.9 Å². The van der Waals surface area contributed by atoms with Crippen LogP contribution in [0.4, 0.5) is 5.69 Å². The third-order valence-electron chi connectivity index (χ3n) is 10.1. The number of unbranched alkanes of at least 4 members (excludes halogenated alkanes) is 7. The van der Waals surface area contributed by atoms with Crippen molar-refractivity contribution >= 4 is 49.8 Å². The van der Waals surface area contributed by atoms with Gasteiger partial charge < -0.3 is 14.4 Å². The standard InChI is InChI=1S/C42H52N3O5S/c1-3-5-6-7-8-9-10-15-38(46)34-30-35(34)41(42(48)49-4-2)45-37-29-32(19-17-31(37)18-20-40(45)47)50-27-12-11-22-43-23-25-44(26-24-43)36-14-13-16-39-33(36)21-28-51-39/h13-14,16-21,28-30,41H,3-12,15,22-27H2,1-2H3. The van der Waals surface area contributed by atoms with Gasteiger partial charge in [-0.3, -0.25) is 19.1 Å². The number of nitrogens with zero attached hydrogens (tertiary/aromatic N) is 3. The van der Waals surface area contributed by atoms with Gasteiger partial charge in [-0.1, -0.05) is 51.5 Å². The fourth-order valence-electron chi connectivity index (χ4n) is 7.24. The number of ketones is 1. The number of aromatic nitrogens is 1. The fourth-order valence-corrected chi connectivity index (χ4v) is 8.05. The van der Waals surface area contributed by atoms with Gasteiger partial charge in [0.05, 0.1) is 18.7 Å².